The Kier molecular flexibility index (Phi) is 18.1. The molecular weight excluding hydrogens is 761 g/mol. The van der Waals surface area contributed by atoms with Crippen LogP contribution in [0.4, 0.5) is 11.4 Å². The molecule has 2 fully saturated rings. The normalized spacial score (nSPS) is 17.8. The molecule has 0 atom stereocenters. The summed E-state index contributed by atoms with van der Waals surface area (Å²) in [6.07, 6.45) is 32.9. The molecule has 2 aliphatic carbocycles. The zero-order chi connectivity index (χ0) is 42.7. The van der Waals surface area contributed by atoms with E-state index in [0.717, 1.165) is 30.6 Å². The predicted octanol–water partition coefficient (Wildman–Crippen LogP) is 16.6. The van der Waals surface area contributed by atoms with E-state index in [9.17, 15) is 20.2 Å². The summed E-state index contributed by atoms with van der Waals surface area (Å²) in [5.41, 5.74) is 2.43. The molecule has 4 aromatic carbocycles. The Morgan fingerprint density at radius 1 is 0.443 bits per heavy atom. The van der Waals surface area contributed by atoms with Crippen LogP contribution in [0.2, 0.25) is 0 Å². The average molecular weight is 831 g/mol. The molecule has 0 saturated heterocycles. The van der Waals surface area contributed by atoms with Crippen LogP contribution in [0.1, 0.15) is 172 Å². The van der Waals surface area contributed by atoms with Crippen LogP contribution in [-0.4, -0.2) is 9.85 Å². The second-order valence-corrected chi connectivity index (χ2v) is 18.3. The van der Waals surface area contributed by atoms with Crippen molar-refractivity contribution in [2.24, 2.45) is 17.8 Å². The van der Waals surface area contributed by atoms with Gasteiger partial charge in [0.15, 0.2) is 0 Å². The lowest BCUT2D eigenvalue weighted by molar-refractivity contribution is -0.385. The minimum Gasteiger partial charge on any atom is -0.457 e. The molecule has 2 saturated carbocycles. The fourth-order valence-electron chi connectivity index (χ4n) is 10.2. The first kappa shape index (κ1) is 45.8. The van der Waals surface area contributed by atoms with Crippen molar-refractivity contribution in [3.05, 3.63) is 128 Å². The average Bonchev–Trinajstić information content (AvgIpc) is 3.29. The molecule has 0 N–H and O–H groups in total. The van der Waals surface area contributed by atoms with Crippen molar-refractivity contribution >= 4 is 11.4 Å². The van der Waals surface area contributed by atoms with Gasteiger partial charge in [-0.15, -0.1) is 0 Å². The van der Waals surface area contributed by atoms with Gasteiger partial charge in [0.25, 0.3) is 11.4 Å². The summed E-state index contributed by atoms with van der Waals surface area (Å²) in [7, 11) is 0. The van der Waals surface area contributed by atoms with Gasteiger partial charge in [-0.25, -0.2) is 0 Å². The number of rotatable bonds is 25. The van der Waals surface area contributed by atoms with E-state index in [2.05, 4.69) is 31.2 Å². The van der Waals surface area contributed by atoms with E-state index in [-0.39, 0.29) is 16.8 Å². The minimum absolute atomic E-state index is 0.0344. The molecule has 8 nitrogen and oxygen atoms in total. The van der Waals surface area contributed by atoms with Crippen LogP contribution in [0, 0.1) is 38.0 Å². The molecule has 2 aliphatic rings. The van der Waals surface area contributed by atoms with Crippen molar-refractivity contribution in [1.29, 1.82) is 0 Å². The number of benzene rings is 4. The summed E-state index contributed by atoms with van der Waals surface area (Å²) in [6, 6.07) is 29.1. The first-order chi connectivity index (χ1) is 29.8. The second-order valence-electron chi connectivity index (χ2n) is 18.3. The molecular formula is C53H70N2O6. The third kappa shape index (κ3) is 14.2. The highest BCUT2D eigenvalue weighted by Gasteiger charge is 2.38. The maximum absolute atomic E-state index is 11.1. The lowest BCUT2D eigenvalue weighted by Crippen LogP contribution is -2.33. The van der Waals surface area contributed by atoms with Gasteiger partial charge < -0.3 is 9.47 Å². The fourth-order valence-corrected chi connectivity index (χ4v) is 10.2. The molecule has 0 spiro atoms. The Morgan fingerprint density at radius 2 is 0.754 bits per heavy atom. The van der Waals surface area contributed by atoms with E-state index in [1.54, 1.807) is 24.3 Å². The van der Waals surface area contributed by atoms with Crippen molar-refractivity contribution in [1.82, 2.24) is 0 Å². The summed E-state index contributed by atoms with van der Waals surface area (Å²) in [6.45, 7) is 2.29. The van der Waals surface area contributed by atoms with Gasteiger partial charge in [0.05, 0.1) is 9.85 Å². The topological polar surface area (TPSA) is 105 Å². The molecule has 6 rings (SSSR count). The monoisotopic (exact) mass is 831 g/mol. The van der Waals surface area contributed by atoms with E-state index in [0.29, 0.717) is 23.0 Å². The van der Waals surface area contributed by atoms with E-state index in [4.69, 9.17) is 9.47 Å². The van der Waals surface area contributed by atoms with Gasteiger partial charge in [0, 0.05) is 29.7 Å². The molecule has 0 radical (unpaired) electrons. The Hall–Kier alpha value is -4.72. The van der Waals surface area contributed by atoms with Crippen molar-refractivity contribution in [3.8, 4) is 23.0 Å². The quantitative estimate of drug-likeness (QED) is 0.0374. The SMILES string of the molecule is CCCCCCCCCCCCCCCC1CCC(CCC2CCC(c3ccc(Oc4ccc([N+](=O)[O-])cc4)cc3)(c3ccc(Oc4ccc([N+](=O)[O-])cc4)cc3)CC2)CC1. The number of nitrogens with zero attached hydrogens (tertiary/aromatic N) is 2. The highest BCUT2D eigenvalue weighted by Crippen LogP contribution is 2.49. The lowest BCUT2D eigenvalue weighted by atomic mass is 9.62. The summed E-state index contributed by atoms with van der Waals surface area (Å²) in [4.78, 5) is 21.4. The van der Waals surface area contributed by atoms with Gasteiger partial charge >= 0.3 is 0 Å². The third-order valence-electron chi connectivity index (χ3n) is 14.0. The van der Waals surface area contributed by atoms with Crippen molar-refractivity contribution in [3.63, 3.8) is 0 Å². The number of hydrogen-bond acceptors (Lipinski definition) is 6. The molecule has 0 amide bonds. The van der Waals surface area contributed by atoms with E-state index in [1.807, 2.05) is 24.3 Å². The molecule has 0 aromatic heterocycles. The zero-order valence-electron chi connectivity index (χ0n) is 36.8. The van der Waals surface area contributed by atoms with Crippen LogP contribution in [0.25, 0.3) is 0 Å². The number of unbranched alkanes of at least 4 members (excludes halogenated alkanes) is 12. The molecule has 61 heavy (non-hydrogen) atoms. The van der Waals surface area contributed by atoms with Crippen molar-refractivity contribution in [2.45, 2.75) is 166 Å². The maximum Gasteiger partial charge on any atom is 0.269 e. The highest BCUT2D eigenvalue weighted by atomic mass is 16.6. The van der Waals surface area contributed by atoms with Crippen molar-refractivity contribution < 1.29 is 19.3 Å². The van der Waals surface area contributed by atoms with Gasteiger partial charge in [0.2, 0.25) is 0 Å². The standard InChI is InChI=1S/C53H70N2O6/c1-2-3-4-5-6-7-8-9-10-11-12-13-14-15-42-16-18-43(19-17-42)20-21-44-38-40-53(41-39-44,45-22-30-49(31-23-45)60-51-34-26-47(27-35-51)54(56)57)46-24-32-50(33-25-46)61-52-36-28-48(29-37-52)55(58)59/h22-37,42-44H,2-21,38-41H2,1H3. The first-order valence-electron chi connectivity index (χ1n) is 23.9. The number of non-ortho nitro benzene ring substituents is 2. The molecule has 328 valence electrons. The Balaban J connectivity index is 0.968. The molecule has 0 unspecified atom stereocenters. The van der Waals surface area contributed by atoms with Gasteiger partial charge in [-0.2, -0.15) is 0 Å². The largest absolute Gasteiger partial charge is 0.457 e. The lowest BCUT2D eigenvalue weighted by Gasteiger charge is -2.42. The smallest absolute Gasteiger partial charge is 0.269 e. The number of nitro groups is 2. The molecule has 0 aliphatic heterocycles. The molecule has 4 aromatic rings. The second kappa shape index (κ2) is 24.1. The summed E-state index contributed by atoms with van der Waals surface area (Å²) in [5.74, 6) is 5.07. The molecule has 0 heterocycles. The first-order valence-corrected chi connectivity index (χ1v) is 23.9. The molecule has 8 heteroatoms. The van der Waals surface area contributed by atoms with Crippen LogP contribution in [0.5, 0.6) is 23.0 Å². The summed E-state index contributed by atoms with van der Waals surface area (Å²) < 4.78 is 12.2. The van der Waals surface area contributed by atoms with Crippen LogP contribution >= 0.6 is 0 Å². The predicted molar refractivity (Wildman–Crippen MR) is 247 cm³/mol. The van der Waals surface area contributed by atoms with Crippen LogP contribution in [-0.2, 0) is 5.41 Å². The summed E-state index contributed by atoms with van der Waals surface area (Å²) in [5, 5.41) is 22.2. The maximum atomic E-state index is 11.1. The summed E-state index contributed by atoms with van der Waals surface area (Å²) >= 11 is 0. The van der Waals surface area contributed by atoms with E-state index < -0.39 is 9.85 Å². The van der Waals surface area contributed by atoms with Gasteiger partial charge in [-0.3, -0.25) is 20.2 Å². The van der Waals surface area contributed by atoms with Crippen LogP contribution in [0.15, 0.2) is 97.1 Å². The molecule has 0 bridgehead atoms. The van der Waals surface area contributed by atoms with Gasteiger partial charge in [0.1, 0.15) is 23.0 Å². The number of ether oxygens (including phenoxy) is 2. The zero-order valence-corrected chi connectivity index (χ0v) is 36.8. The minimum atomic E-state index is -0.409. The Morgan fingerprint density at radius 3 is 1.11 bits per heavy atom. The van der Waals surface area contributed by atoms with E-state index >= 15 is 0 Å². The highest BCUT2D eigenvalue weighted by molar-refractivity contribution is 5.46. The van der Waals surface area contributed by atoms with Crippen molar-refractivity contribution in [2.75, 3.05) is 0 Å². The number of hydrogen-bond donors (Lipinski definition) is 0. The number of nitro benzene ring substituents is 2. The van der Waals surface area contributed by atoms with Crippen LogP contribution in [0.3, 0.4) is 0 Å². The Labute approximate surface area is 365 Å². The van der Waals surface area contributed by atoms with Gasteiger partial charge in [-0.1, -0.05) is 160 Å². The van der Waals surface area contributed by atoms with E-state index in [1.165, 1.54) is 177 Å². The fraction of sp³-hybridized carbons (Fsp3) is 0.547. The van der Waals surface area contributed by atoms with Crippen LogP contribution < -0.4 is 9.47 Å². The Bertz CT molecular complexity index is 1770. The third-order valence-corrected chi connectivity index (χ3v) is 14.0. The van der Waals surface area contributed by atoms with Gasteiger partial charge in [-0.05, 0) is 103 Å².